The lowest BCUT2D eigenvalue weighted by atomic mass is 9.98. The van der Waals surface area contributed by atoms with Crippen molar-refractivity contribution in [3.05, 3.63) is 187 Å². The number of nitriles is 2. The number of benzene rings is 8. The predicted molar refractivity (Wildman–Crippen MR) is 224 cm³/mol. The minimum absolute atomic E-state index is 0.567. The summed E-state index contributed by atoms with van der Waals surface area (Å²) in [6, 6.07) is 65.9. The van der Waals surface area contributed by atoms with Gasteiger partial charge in [-0.1, -0.05) is 115 Å². The van der Waals surface area contributed by atoms with Crippen LogP contribution in [-0.2, 0) is 0 Å². The summed E-state index contributed by atoms with van der Waals surface area (Å²) in [4.78, 5) is 0. The van der Waals surface area contributed by atoms with Crippen molar-refractivity contribution in [3.8, 4) is 40.3 Å². The van der Waals surface area contributed by atoms with Gasteiger partial charge in [0.05, 0.1) is 61.7 Å². The standard InChI is InChI=1S/C50H29N5/c51-30-32-26-27-40-38-16-3-8-23-46(38)55(49(40)28-32)47-24-10-18-35(42(47)31-52)33-12-9-13-34(29-33)53-43-20-5-4-17-39(43)41-19-11-25-48(50(41)53)54-44-21-6-1-14-36(44)37-15-2-7-22-45(37)54/h1-29H. The van der Waals surface area contributed by atoms with Gasteiger partial charge in [-0.15, -0.1) is 0 Å². The zero-order chi connectivity index (χ0) is 36.6. The topological polar surface area (TPSA) is 62.4 Å². The molecule has 0 saturated heterocycles. The Morgan fingerprint density at radius 1 is 0.364 bits per heavy atom. The molecular formula is C50H29N5. The van der Waals surface area contributed by atoms with Gasteiger partial charge in [0.15, 0.2) is 0 Å². The molecule has 5 nitrogen and oxygen atoms in total. The smallest absolute Gasteiger partial charge is 0.102 e. The molecule has 11 rings (SSSR count). The Labute approximate surface area is 316 Å². The van der Waals surface area contributed by atoms with Gasteiger partial charge in [0.25, 0.3) is 0 Å². The highest BCUT2D eigenvalue weighted by Crippen LogP contribution is 2.41. The lowest BCUT2D eigenvalue weighted by Gasteiger charge is -2.16. The summed E-state index contributed by atoms with van der Waals surface area (Å²) in [6.07, 6.45) is 0. The Morgan fingerprint density at radius 2 is 0.873 bits per heavy atom. The van der Waals surface area contributed by atoms with Crippen LogP contribution in [0.2, 0.25) is 0 Å². The second-order valence-corrected chi connectivity index (χ2v) is 14.0. The first kappa shape index (κ1) is 30.7. The van der Waals surface area contributed by atoms with E-state index >= 15 is 0 Å². The molecule has 0 atom stereocenters. The Bertz CT molecular complexity index is 3420. The second-order valence-electron chi connectivity index (χ2n) is 14.0. The van der Waals surface area contributed by atoms with Gasteiger partial charge in [0, 0.05) is 43.6 Å². The first-order valence-corrected chi connectivity index (χ1v) is 18.3. The van der Waals surface area contributed by atoms with Crippen LogP contribution in [0.5, 0.6) is 0 Å². The van der Waals surface area contributed by atoms with Crippen LogP contribution in [0.25, 0.3) is 93.6 Å². The molecule has 0 amide bonds. The molecule has 0 radical (unpaired) electrons. The van der Waals surface area contributed by atoms with Gasteiger partial charge in [-0.3, -0.25) is 0 Å². The highest BCUT2D eigenvalue weighted by atomic mass is 15.1. The van der Waals surface area contributed by atoms with Crippen LogP contribution in [0.15, 0.2) is 176 Å². The fourth-order valence-corrected chi connectivity index (χ4v) is 8.83. The van der Waals surface area contributed by atoms with Gasteiger partial charge in [-0.05, 0) is 66.2 Å². The lowest BCUT2D eigenvalue weighted by Crippen LogP contribution is -2.02. The van der Waals surface area contributed by atoms with E-state index in [2.05, 4.69) is 153 Å². The van der Waals surface area contributed by atoms with Crippen LogP contribution in [-0.4, -0.2) is 13.7 Å². The first-order valence-electron chi connectivity index (χ1n) is 18.3. The fraction of sp³-hybridized carbons (Fsp3) is 0. The van der Waals surface area contributed by atoms with Crippen molar-refractivity contribution < 1.29 is 0 Å². The third-order valence-corrected chi connectivity index (χ3v) is 11.1. The Kier molecular flexibility index (Phi) is 6.61. The maximum atomic E-state index is 10.9. The average molecular weight is 700 g/mol. The summed E-state index contributed by atoms with van der Waals surface area (Å²) in [5, 5.41) is 27.6. The van der Waals surface area contributed by atoms with E-state index in [9.17, 15) is 10.5 Å². The first-order chi connectivity index (χ1) is 27.2. The number of nitrogens with zero attached hydrogens (tertiary/aromatic N) is 5. The third kappa shape index (κ3) is 4.39. The number of aromatic nitrogens is 3. The molecular weight excluding hydrogens is 671 g/mol. The van der Waals surface area contributed by atoms with Gasteiger partial charge >= 0.3 is 0 Å². The number of para-hydroxylation sites is 5. The molecule has 55 heavy (non-hydrogen) atoms. The van der Waals surface area contributed by atoms with Crippen LogP contribution >= 0.6 is 0 Å². The highest BCUT2D eigenvalue weighted by molar-refractivity contribution is 6.15. The van der Waals surface area contributed by atoms with Gasteiger partial charge in [0.1, 0.15) is 6.07 Å². The van der Waals surface area contributed by atoms with E-state index in [1.165, 1.54) is 21.5 Å². The van der Waals surface area contributed by atoms with E-state index in [0.29, 0.717) is 11.1 Å². The average Bonchev–Trinajstić information content (AvgIpc) is 3.89. The molecule has 254 valence electrons. The molecule has 0 saturated carbocycles. The summed E-state index contributed by atoms with van der Waals surface area (Å²) in [5.74, 6) is 0. The highest BCUT2D eigenvalue weighted by Gasteiger charge is 2.21. The normalized spacial score (nSPS) is 11.6. The van der Waals surface area contributed by atoms with Crippen molar-refractivity contribution in [1.29, 1.82) is 10.5 Å². The summed E-state index contributed by atoms with van der Waals surface area (Å²) in [5.41, 5.74) is 12.2. The van der Waals surface area contributed by atoms with Crippen LogP contribution in [0.3, 0.4) is 0 Å². The minimum Gasteiger partial charge on any atom is -0.308 e. The minimum atomic E-state index is 0.567. The maximum Gasteiger partial charge on any atom is 0.102 e. The fourth-order valence-electron chi connectivity index (χ4n) is 8.83. The molecule has 11 aromatic rings. The molecule has 0 fully saturated rings. The van der Waals surface area contributed by atoms with Gasteiger partial charge in [-0.2, -0.15) is 10.5 Å². The predicted octanol–water partition coefficient (Wildman–Crippen LogP) is 12.4. The Hall–Kier alpha value is -7.86. The zero-order valence-corrected chi connectivity index (χ0v) is 29.5. The third-order valence-electron chi connectivity index (χ3n) is 11.1. The van der Waals surface area contributed by atoms with Crippen molar-refractivity contribution in [3.63, 3.8) is 0 Å². The van der Waals surface area contributed by atoms with Gasteiger partial charge in [-0.25, -0.2) is 0 Å². The van der Waals surface area contributed by atoms with E-state index in [0.717, 1.165) is 72.1 Å². The van der Waals surface area contributed by atoms with E-state index in [1.54, 1.807) is 0 Å². The molecule has 0 unspecified atom stereocenters. The van der Waals surface area contributed by atoms with E-state index in [1.807, 2.05) is 48.5 Å². The van der Waals surface area contributed by atoms with Crippen LogP contribution in [0.4, 0.5) is 0 Å². The molecule has 0 aliphatic heterocycles. The van der Waals surface area contributed by atoms with Crippen molar-refractivity contribution in [2.75, 3.05) is 0 Å². The molecule has 3 heterocycles. The number of hydrogen-bond acceptors (Lipinski definition) is 2. The number of hydrogen-bond donors (Lipinski definition) is 0. The van der Waals surface area contributed by atoms with E-state index in [4.69, 9.17) is 0 Å². The Morgan fingerprint density at radius 3 is 1.51 bits per heavy atom. The van der Waals surface area contributed by atoms with Gasteiger partial charge in [0.2, 0.25) is 0 Å². The monoisotopic (exact) mass is 699 g/mol. The molecule has 0 aliphatic carbocycles. The van der Waals surface area contributed by atoms with Crippen molar-refractivity contribution in [2.45, 2.75) is 0 Å². The zero-order valence-electron chi connectivity index (χ0n) is 29.5. The largest absolute Gasteiger partial charge is 0.308 e. The molecule has 0 aliphatic rings. The quantitative estimate of drug-likeness (QED) is 0.184. The van der Waals surface area contributed by atoms with E-state index in [-0.39, 0.29) is 0 Å². The lowest BCUT2D eigenvalue weighted by molar-refractivity contribution is 1.13. The summed E-state index contributed by atoms with van der Waals surface area (Å²) < 4.78 is 6.90. The second kappa shape index (κ2) is 11.8. The van der Waals surface area contributed by atoms with Crippen LogP contribution in [0, 0.1) is 22.7 Å². The molecule has 8 aromatic carbocycles. The molecule has 0 spiro atoms. The SMILES string of the molecule is N#Cc1ccc2c3ccccc3n(-c3cccc(-c4cccc(-n5c6ccccc6c6cccc(-n7c8ccccc8c8ccccc87)c65)c4)c3C#N)c2c1. The van der Waals surface area contributed by atoms with Crippen LogP contribution in [0.1, 0.15) is 11.1 Å². The number of rotatable bonds is 4. The number of fused-ring (bicyclic) bond motifs is 9. The van der Waals surface area contributed by atoms with Crippen molar-refractivity contribution >= 4 is 65.4 Å². The van der Waals surface area contributed by atoms with Crippen molar-refractivity contribution in [1.82, 2.24) is 13.7 Å². The molecule has 0 bridgehead atoms. The molecule has 0 N–H and O–H groups in total. The van der Waals surface area contributed by atoms with Crippen molar-refractivity contribution in [2.24, 2.45) is 0 Å². The summed E-state index contributed by atoms with van der Waals surface area (Å²) >= 11 is 0. The maximum absolute atomic E-state index is 10.9. The summed E-state index contributed by atoms with van der Waals surface area (Å²) in [6.45, 7) is 0. The Balaban J connectivity index is 1.17. The van der Waals surface area contributed by atoms with Crippen LogP contribution < -0.4 is 0 Å². The molecule has 5 heteroatoms. The van der Waals surface area contributed by atoms with E-state index < -0.39 is 0 Å². The van der Waals surface area contributed by atoms with Gasteiger partial charge < -0.3 is 13.7 Å². The molecule has 3 aromatic heterocycles. The summed E-state index contributed by atoms with van der Waals surface area (Å²) in [7, 11) is 0.